The van der Waals surface area contributed by atoms with Crippen LogP contribution in [-0.2, 0) is 10.2 Å². The molecule has 1 atom stereocenters. The molecule has 0 aliphatic carbocycles. The van der Waals surface area contributed by atoms with Crippen LogP contribution >= 0.6 is 0 Å². The monoisotopic (exact) mass is 295 g/mol. The lowest BCUT2D eigenvalue weighted by atomic mass is 9.63. The molecule has 3 nitrogen and oxygen atoms in total. The molecular weight excluding hydrogens is 274 g/mol. The van der Waals surface area contributed by atoms with Crippen LogP contribution in [0.25, 0.3) is 0 Å². The number of hydrogen-bond donors (Lipinski definition) is 2. The average Bonchev–Trinajstić information content (AvgIpc) is 2.58. The van der Waals surface area contributed by atoms with Gasteiger partial charge in [0.2, 0.25) is 0 Å². The van der Waals surface area contributed by atoms with Gasteiger partial charge >= 0.3 is 5.97 Å². The molecule has 0 saturated carbocycles. The van der Waals surface area contributed by atoms with Crippen LogP contribution < -0.4 is 5.32 Å². The number of piperidine rings is 1. The van der Waals surface area contributed by atoms with Crippen molar-refractivity contribution in [3.05, 3.63) is 71.8 Å². The Morgan fingerprint density at radius 1 is 1.00 bits per heavy atom. The summed E-state index contributed by atoms with van der Waals surface area (Å²) in [6.07, 6.45) is 1.93. The molecule has 0 aromatic heterocycles. The van der Waals surface area contributed by atoms with Crippen molar-refractivity contribution in [1.82, 2.24) is 5.32 Å². The van der Waals surface area contributed by atoms with Gasteiger partial charge in [0.1, 0.15) is 5.41 Å². The summed E-state index contributed by atoms with van der Waals surface area (Å²) >= 11 is 0. The van der Waals surface area contributed by atoms with Gasteiger partial charge in [-0.05, 0) is 43.0 Å². The fourth-order valence-corrected chi connectivity index (χ4v) is 3.68. The Bertz CT molecular complexity index is 579. The number of rotatable bonds is 4. The molecular formula is C19H21NO2. The molecule has 2 N–H and O–H groups in total. The van der Waals surface area contributed by atoms with E-state index in [1.807, 2.05) is 60.7 Å². The maximum atomic E-state index is 12.5. The zero-order valence-electron chi connectivity index (χ0n) is 12.5. The zero-order chi connectivity index (χ0) is 15.4. The minimum Gasteiger partial charge on any atom is -0.480 e. The summed E-state index contributed by atoms with van der Waals surface area (Å²) in [6.45, 7) is 1.70. The van der Waals surface area contributed by atoms with Crippen molar-refractivity contribution in [3.8, 4) is 0 Å². The highest BCUT2D eigenvalue weighted by atomic mass is 16.4. The molecule has 1 aliphatic heterocycles. The number of benzene rings is 2. The van der Waals surface area contributed by atoms with E-state index in [1.54, 1.807) is 0 Å². The van der Waals surface area contributed by atoms with Gasteiger partial charge in [0, 0.05) is 0 Å². The van der Waals surface area contributed by atoms with Gasteiger partial charge in [0.15, 0.2) is 0 Å². The van der Waals surface area contributed by atoms with Gasteiger partial charge < -0.3 is 10.4 Å². The van der Waals surface area contributed by atoms with Gasteiger partial charge in [0.25, 0.3) is 0 Å². The van der Waals surface area contributed by atoms with Crippen molar-refractivity contribution >= 4 is 5.97 Å². The van der Waals surface area contributed by atoms with Crippen molar-refractivity contribution in [2.75, 3.05) is 13.1 Å². The highest BCUT2D eigenvalue weighted by Crippen LogP contribution is 2.42. The van der Waals surface area contributed by atoms with Crippen LogP contribution in [0.4, 0.5) is 0 Å². The van der Waals surface area contributed by atoms with E-state index < -0.39 is 11.4 Å². The van der Waals surface area contributed by atoms with Crippen molar-refractivity contribution in [3.63, 3.8) is 0 Å². The second-order valence-corrected chi connectivity index (χ2v) is 5.89. The lowest BCUT2D eigenvalue weighted by Gasteiger charge is -2.40. The Morgan fingerprint density at radius 3 is 1.95 bits per heavy atom. The summed E-state index contributed by atoms with van der Waals surface area (Å²) in [5, 5.41) is 13.6. The van der Waals surface area contributed by atoms with E-state index in [0.29, 0.717) is 0 Å². The Balaban J connectivity index is 2.21. The van der Waals surface area contributed by atoms with Crippen LogP contribution in [0.2, 0.25) is 0 Å². The fraction of sp³-hybridized carbons (Fsp3) is 0.316. The van der Waals surface area contributed by atoms with Crippen LogP contribution in [-0.4, -0.2) is 24.2 Å². The Hall–Kier alpha value is -2.13. The summed E-state index contributed by atoms with van der Waals surface area (Å²) in [5.41, 5.74) is 0.737. The predicted octanol–water partition coefficient (Wildman–Crippen LogP) is 3.06. The van der Waals surface area contributed by atoms with Crippen molar-refractivity contribution in [2.24, 2.45) is 5.92 Å². The first-order valence-corrected chi connectivity index (χ1v) is 7.81. The minimum absolute atomic E-state index is 0.0450. The van der Waals surface area contributed by atoms with Crippen LogP contribution in [0, 0.1) is 5.92 Å². The highest BCUT2D eigenvalue weighted by molar-refractivity contribution is 5.86. The maximum Gasteiger partial charge on any atom is 0.318 e. The number of hydrogen-bond acceptors (Lipinski definition) is 2. The van der Waals surface area contributed by atoms with Gasteiger partial charge in [-0.1, -0.05) is 60.7 Å². The van der Waals surface area contributed by atoms with Crippen LogP contribution in [0.15, 0.2) is 60.7 Å². The summed E-state index contributed by atoms with van der Waals surface area (Å²) in [6, 6.07) is 19.3. The van der Waals surface area contributed by atoms with E-state index in [1.165, 1.54) is 0 Å². The predicted molar refractivity (Wildman–Crippen MR) is 86.9 cm³/mol. The van der Waals surface area contributed by atoms with Crippen LogP contribution in [0.1, 0.15) is 24.0 Å². The lowest BCUT2D eigenvalue weighted by molar-refractivity contribution is -0.144. The molecule has 114 valence electrons. The fourth-order valence-electron chi connectivity index (χ4n) is 3.68. The zero-order valence-corrected chi connectivity index (χ0v) is 12.5. The second-order valence-electron chi connectivity index (χ2n) is 5.89. The normalized spacial score (nSPS) is 18.8. The van der Waals surface area contributed by atoms with Gasteiger partial charge in [-0.2, -0.15) is 0 Å². The van der Waals surface area contributed by atoms with Crippen molar-refractivity contribution < 1.29 is 9.90 Å². The molecule has 1 fully saturated rings. The first-order valence-electron chi connectivity index (χ1n) is 7.81. The van der Waals surface area contributed by atoms with Crippen LogP contribution in [0.5, 0.6) is 0 Å². The summed E-state index contributed by atoms with van der Waals surface area (Å²) in [7, 11) is 0. The molecule has 1 aliphatic rings. The second kappa shape index (κ2) is 6.32. The summed E-state index contributed by atoms with van der Waals surface area (Å²) in [5.74, 6) is -0.720. The minimum atomic E-state index is -0.990. The number of carboxylic acids is 1. The molecule has 1 unspecified atom stereocenters. The Labute approximate surface area is 131 Å². The molecule has 3 rings (SSSR count). The summed E-state index contributed by atoms with van der Waals surface area (Å²) < 4.78 is 0. The molecule has 1 saturated heterocycles. The SMILES string of the molecule is O=C(O)C(c1ccccc1)(c1ccccc1)C1CCCNC1. The molecule has 2 aromatic carbocycles. The van der Waals surface area contributed by atoms with E-state index in [4.69, 9.17) is 0 Å². The van der Waals surface area contributed by atoms with Gasteiger partial charge in [-0.25, -0.2) is 0 Å². The molecule has 0 spiro atoms. The van der Waals surface area contributed by atoms with E-state index in [2.05, 4.69) is 5.32 Å². The number of aliphatic carboxylic acids is 1. The first kappa shape index (κ1) is 14.8. The molecule has 0 amide bonds. The molecule has 1 heterocycles. The third-order valence-electron chi connectivity index (χ3n) is 4.70. The van der Waals surface area contributed by atoms with Gasteiger partial charge in [-0.3, -0.25) is 4.79 Å². The van der Waals surface area contributed by atoms with Gasteiger partial charge in [0.05, 0.1) is 0 Å². The third-order valence-corrected chi connectivity index (χ3v) is 4.70. The quantitative estimate of drug-likeness (QED) is 0.911. The lowest BCUT2D eigenvalue weighted by Crippen LogP contribution is -2.50. The van der Waals surface area contributed by atoms with E-state index >= 15 is 0 Å². The smallest absolute Gasteiger partial charge is 0.318 e. The Kier molecular flexibility index (Phi) is 4.25. The molecule has 3 heteroatoms. The van der Waals surface area contributed by atoms with E-state index in [9.17, 15) is 9.90 Å². The molecule has 22 heavy (non-hydrogen) atoms. The van der Waals surface area contributed by atoms with Crippen LogP contribution in [0.3, 0.4) is 0 Å². The van der Waals surface area contributed by atoms with E-state index in [0.717, 1.165) is 37.1 Å². The standard InChI is InChI=1S/C19H21NO2/c21-18(22)19(15-8-3-1-4-9-15,16-10-5-2-6-11-16)17-12-7-13-20-14-17/h1-6,8-11,17,20H,7,12-14H2,(H,21,22). The third kappa shape index (κ3) is 2.42. The largest absolute Gasteiger partial charge is 0.480 e. The molecule has 2 aromatic rings. The Morgan fingerprint density at radius 2 is 1.55 bits per heavy atom. The molecule has 0 bridgehead atoms. The average molecular weight is 295 g/mol. The number of nitrogens with one attached hydrogen (secondary N) is 1. The topological polar surface area (TPSA) is 49.3 Å². The summed E-state index contributed by atoms with van der Waals surface area (Å²) in [4.78, 5) is 12.5. The van der Waals surface area contributed by atoms with E-state index in [-0.39, 0.29) is 5.92 Å². The van der Waals surface area contributed by atoms with Gasteiger partial charge in [-0.15, -0.1) is 0 Å². The highest BCUT2D eigenvalue weighted by Gasteiger charge is 2.48. The maximum absolute atomic E-state index is 12.5. The molecule has 0 radical (unpaired) electrons. The van der Waals surface area contributed by atoms with Crippen molar-refractivity contribution in [1.29, 1.82) is 0 Å². The number of carboxylic acid groups (broad SMARTS) is 1. The first-order chi connectivity index (χ1) is 10.8. The number of carbonyl (C=O) groups is 1. The van der Waals surface area contributed by atoms with Crippen molar-refractivity contribution in [2.45, 2.75) is 18.3 Å².